The topological polar surface area (TPSA) is 94.7 Å². The summed E-state index contributed by atoms with van der Waals surface area (Å²) in [7, 11) is 1.70. The molecule has 8 nitrogen and oxygen atoms in total. The van der Waals surface area contributed by atoms with Crippen LogP contribution in [0.3, 0.4) is 0 Å². The van der Waals surface area contributed by atoms with E-state index in [9.17, 15) is 9.59 Å². The number of hydrogen-bond donors (Lipinski definition) is 1. The van der Waals surface area contributed by atoms with E-state index in [2.05, 4.69) is 20.4 Å². The summed E-state index contributed by atoms with van der Waals surface area (Å²) in [6.07, 6.45) is 2.79. The van der Waals surface area contributed by atoms with E-state index in [1.165, 1.54) is 21.8 Å². The molecule has 3 aromatic rings. The quantitative estimate of drug-likeness (QED) is 0.758. The molecule has 0 aliphatic carbocycles. The van der Waals surface area contributed by atoms with Crippen LogP contribution in [-0.2, 0) is 18.4 Å². The van der Waals surface area contributed by atoms with Crippen LogP contribution in [-0.4, -0.2) is 30.2 Å². The van der Waals surface area contributed by atoms with Crippen LogP contribution in [0.2, 0.25) is 0 Å². The van der Waals surface area contributed by atoms with Crippen LogP contribution in [0.4, 0.5) is 5.82 Å². The first-order chi connectivity index (χ1) is 10.5. The second kappa shape index (κ2) is 5.40. The van der Waals surface area contributed by atoms with Gasteiger partial charge in [0, 0.05) is 12.7 Å². The molecule has 3 rings (SSSR count). The van der Waals surface area contributed by atoms with E-state index < -0.39 is 0 Å². The molecule has 1 N–H and O–H groups in total. The minimum atomic E-state index is -0.342. The molecule has 112 valence electrons. The molecule has 8 heteroatoms. The van der Waals surface area contributed by atoms with Gasteiger partial charge in [0.05, 0.1) is 6.20 Å². The molecule has 0 aliphatic rings. The van der Waals surface area contributed by atoms with Gasteiger partial charge < -0.3 is 5.32 Å². The summed E-state index contributed by atoms with van der Waals surface area (Å²) in [6, 6.07) is 5.32. The van der Waals surface area contributed by atoms with E-state index >= 15 is 0 Å². The summed E-state index contributed by atoms with van der Waals surface area (Å²) in [6.45, 7) is 1.70. The van der Waals surface area contributed by atoms with Crippen molar-refractivity contribution in [1.29, 1.82) is 0 Å². The third-order valence-corrected chi connectivity index (χ3v) is 3.19. The van der Waals surface area contributed by atoms with Gasteiger partial charge in [-0.15, -0.1) is 0 Å². The van der Waals surface area contributed by atoms with Crippen molar-refractivity contribution in [1.82, 2.24) is 24.3 Å². The first-order valence-electron chi connectivity index (χ1n) is 6.65. The van der Waals surface area contributed by atoms with Crippen LogP contribution >= 0.6 is 0 Å². The van der Waals surface area contributed by atoms with Crippen LogP contribution < -0.4 is 10.9 Å². The molecule has 0 aliphatic heterocycles. The van der Waals surface area contributed by atoms with Crippen LogP contribution in [0.15, 0.2) is 35.5 Å². The highest BCUT2D eigenvalue weighted by Crippen LogP contribution is 2.05. The molecular formula is C14H14N6O2. The zero-order valence-electron chi connectivity index (χ0n) is 12.1. The minimum absolute atomic E-state index is 0.133. The normalized spacial score (nSPS) is 10.8. The number of fused-ring (bicyclic) bond motifs is 1. The van der Waals surface area contributed by atoms with Crippen molar-refractivity contribution in [2.45, 2.75) is 13.5 Å². The van der Waals surface area contributed by atoms with Gasteiger partial charge in [-0.3, -0.25) is 18.8 Å². The van der Waals surface area contributed by atoms with Crippen LogP contribution in [0.1, 0.15) is 5.69 Å². The lowest BCUT2D eigenvalue weighted by molar-refractivity contribution is -0.116. The Morgan fingerprint density at radius 2 is 2.18 bits per heavy atom. The number of rotatable bonds is 3. The lowest BCUT2D eigenvalue weighted by Crippen LogP contribution is -2.28. The maximum Gasteiger partial charge on any atom is 0.264 e. The van der Waals surface area contributed by atoms with Gasteiger partial charge in [0.25, 0.3) is 5.56 Å². The van der Waals surface area contributed by atoms with Gasteiger partial charge in [-0.1, -0.05) is 6.07 Å². The molecule has 3 aromatic heterocycles. The molecule has 0 aromatic carbocycles. The number of carbonyl (C=O) groups excluding carboxylic acids is 1. The molecule has 1 amide bonds. The molecule has 0 saturated carbocycles. The van der Waals surface area contributed by atoms with Gasteiger partial charge in [-0.2, -0.15) is 5.10 Å². The van der Waals surface area contributed by atoms with E-state index in [0.29, 0.717) is 16.9 Å². The fraction of sp³-hybridized carbons (Fsp3) is 0.214. The molecule has 0 saturated heterocycles. The molecule has 3 heterocycles. The number of hydrogen-bond acceptors (Lipinski definition) is 5. The summed E-state index contributed by atoms with van der Waals surface area (Å²) in [5.74, 6) is 0.110. The largest absolute Gasteiger partial charge is 0.309 e. The van der Waals surface area contributed by atoms with E-state index in [4.69, 9.17) is 0 Å². The Balaban J connectivity index is 1.82. The van der Waals surface area contributed by atoms with Crippen molar-refractivity contribution in [2.75, 3.05) is 5.32 Å². The van der Waals surface area contributed by atoms with Gasteiger partial charge in [0.15, 0.2) is 5.65 Å². The Hall–Kier alpha value is -3.03. The van der Waals surface area contributed by atoms with Crippen LogP contribution in [0.5, 0.6) is 0 Å². The Morgan fingerprint density at radius 3 is 2.95 bits per heavy atom. The lowest BCUT2D eigenvalue weighted by Gasteiger charge is -2.07. The first-order valence-corrected chi connectivity index (χ1v) is 6.65. The smallest absolute Gasteiger partial charge is 0.264 e. The summed E-state index contributed by atoms with van der Waals surface area (Å²) >= 11 is 0. The van der Waals surface area contributed by atoms with E-state index in [1.807, 2.05) is 13.0 Å². The van der Waals surface area contributed by atoms with Crippen LogP contribution in [0, 0.1) is 6.92 Å². The molecule has 0 fully saturated rings. The predicted octanol–water partition coefficient (Wildman–Crippen LogP) is 0.472. The van der Waals surface area contributed by atoms with Gasteiger partial charge in [-0.25, -0.2) is 9.97 Å². The number of aromatic nitrogens is 5. The monoisotopic (exact) mass is 298 g/mol. The Bertz CT molecular complexity index is 911. The highest BCUT2D eigenvalue weighted by atomic mass is 16.2. The Morgan fingerprint density at radius 1 is 1.36 bits per heavy atom. The maximum absolute atomic E-state index is 12.3. The average molecular weight is 298 g/mol. The minimum Gasteiger partial charge on any atom is -0.309 e. The van der Waals surface area contributed by atoms with Crippen molar-refractivity contribution < 1.29 is 4.79 Å². The second-order valence-corrected chi connectivity index (χ2v) is 4.90. The molecule has 0 unspecified atom stereocenters. The summed E-state index contributed by atoms with van der Waals surface area (Å²) in [5.41, 5.74) is 0.987. The average Bonchev–Trinajstić information content (AvgIpc) is 2.84. The lowest BCUT2D eigenvalue weighted by atomic mass is 10.3. The molecule has 0 spiro atoms. The van der Waals surface area contributed by atoms with E-state index in [1.54, 1.807) is 19.2 Å². The van der Waals surface area contributed by atoms with Gasteiger partial charge in [0.2, 0.25) is 5.91 Å². The SMILES string of the molecule is Cc1cccc(NC(=O)Cn2cnc3c(cnn3C)c2=O)n1. The number of nitrogens with zero attached hydrogens (tertiary/aromatic N) is 5. The van der Waals surface area contributed by atoms with Crippen molar-refractivity contribution >= 4 is 22.8 Å². The number of amides is 1. The van der Waals surface area contributed by atoms with Crippen LogP contribution in [0.25, 0.3) is 11.0 Å². The molecule has 0 bridgehead atoms. The summed E-state index contributed by atoms with van der Waals surface area (Å²) in [4.78, 5) is 32.6. The van der Waals surface area contributed by atoms with Crippen molar-refractivity contribution in [2.24, 2.45) is 7.05 Å². The maximum atomic E-state index is 12.3. The van der Waals surface area contributed by atoms with E-state index in [0.717, 1.165) is 5.69 Å². The third-order valence-electron chi connectivity index (χ3n) is 3.19. The van der Waals surface area contributed by atoms with E-state index in [-0.39, 0.29) is 18.0 Å². The molecule has 0 atom stereocenters. The number of aryl methyl sites for hydroxylation is 2. The van der Waals surface area contributed by atoms with Gasteiger partial charge >= 0.3 is 0 Å². The summed E-state index contributed by atoms with van der Waals surface area (Å²) in [5, 5.41) is 7.02. The highest BCUT2D eigenvalue weighted by molar-refractivity contribution is 5.89. The fourth-order valence-electron chi connectivity index (χ4n) is 2.13. The number of pyridine rings is 1. The summed E-state index contributed by atoms with van der Waals surface area (Å²) < 4.78 is 2.76. The number of nitrogens with one attached hydrogen (secondary N) is 1. The zero-order chi connectivity index (χ0) is 15.7. The Labute approximate surface area is 125 Å². The predicted molar refractivity (Wildman–Crippen MR) is 80.4 cm³/mol. The highest BCUT2D eigenvalue weighted by Gasteiger charge is 2.11. The molecule has 22 heavy (non-hydrogen) atoms. The number of anilines is 1. The fourth-order valence-corrected chi connectivity index (χ4v) is 2.13. The van der Waals surface area contributed by atoms with Crippen molar-refractivity contribution in [3.8, 4) is 0 Å². The zero-order valence-corrected chi connectivity index (χ0v) is 12.1. The van der Waals surface area contributed by atoms with Crippen molar-refractivity contribution in [3.63, 3.8) is 0 Å². The van der Waals surface area contributed by atoms with Gasteiger partial charge in [0.1, 0.15) is 24.1 Å². The second-order valence-electron chi connectivity index (χ2n) is 4.90. The van der Waals surface area contributed by atoms with Gasteiger partial charge in [-0.05, 0) is 19.1 Å². The third kappa shape index (κ3) is 2.58. The van der Waals surface area contributed by atoms with Crippen molar-refractivity contribution in [3.05, 3.63) is 46.8 Å². The Kier molecular flexibility index (Phi) is 3.42. The number of carbonyl (C=O) groups is 1. The first kappa shape index (κ1) is 13.9. The molecule has 0 radical (unpaired) electrons. The standard InChI is InChI=1S/C14H14N6O2/c1-9-4-3-5-11(17-9)18-12(21)7-20-8-15-13-10(14(20)22)6-16-19(13)2/h3-6,8H,7H2,1-2H3,(H,17,18,21). The molecular weight excluding hydrogens is 284 g/mol.